The summed E-state index contributed by atoms with van der Waals surface area (Å²) in [5.41, 5.74) is 8.66. The molecule has 4 aromatic rings. The number of fused-ring (bicyclic) bond motifs is 2. The summed E-state index contributed by atoms with van der Waals surface area (Å²) >= 11 is 1.44. The first-order valence-electron chi connectivity index (χ1n) is 12.0. The third kappa shape index (κ3) is 4.46. The lowest BCUT2D eigenvalue weighted by molar-refractivity contribution is 0.1000. The Morgan fingerprint density at radius 3 is 2.61 bits per heavy atom. The van der Waals surface area contributed by atoms with E-state index in [0.717, 1.165) is 35.1 Å². The molecule has 36 heavy (non-hydrogen) atoms. The second-order valence-corrected chi connectivity index (χ2v) is 11.5. The second kappa shape index (κ2) is 9.06. The number of hydrogen-bond acceptors (Lipinski definition) is 5. The normalized spacial score (nSPS) is 15.5. The maximum Gasteiger partial charge on any atom is 0.344 e. The number of thiophene rings is 1. The first-order chi connectivity index (χ1) is 17.1. The number of nitrogens with two attached hydrogens (primary N) is 1. The number of hydrogen-bond donors (Lipinski definition) is 2. The van der Waals surface area contributed by atoms with Gasteiger partial charge in [0.2, 0.25) is 0 Å². The molecule has 0 fully saturated rings. The van der Waals surface area contributed by atoms with Gasteiger partial charge in [0.1, 0.15) is 10.6 Å². The van der Waals surface area contributed by atoms with E-state index < -0.39 is 11.5 Å². The van der Waals surface area contributed by atoms with Crippen molar-refractivity contribution < 1.29 is 14.0 Å². The molecule has 2 aromatic heterocycles. The van der Waals surface area contributed by atoms with Crippen LogP contribution in [0, 0.1) is 11.3 Å². The monoisotopic (exact) mass is 500 g/mol. The predicted octanol–water partition coefficient (Wildman–Crippen LogP) is 6.02. The Morgan fingerprint density at radius 1 is 1.08 bits per heavy atom. The molecule has 5 rings (SSSR count). The van der Waals surface area contributed by atoms with Crippen LogP contribution in [0.2, 0.25) is 0 Å². The molecule has 6 nitrogen and oxygen atoms in total. The summed E-state index contributed by atoms with van der Waals surface area (Å²) in [5, 5.41) is 4.20. The molecule has 0 aliphatic heterocycles. The van der Waals surface area contributed by atoms with Crippen LogP contribution in [-0.4, -0.2) is 11.8 Å². The number of carbonyl (C=O) groups excluding carboxylic acids is 2. The molecule has 7 heteroatoms. The van der Waals surface area contributed by atoms with Gasteiger partial charge in [0.05, 0.1) is 11.1 Å². The standard InChI is InChI=1S/C29H28N2O4S/c1-29(2,3)19-11-12-20-23(15-19)36-27(24(20)25(30)32)31-26(33)18-9-6-8-16(13-18)21-14-17-7-4-5-10-22(17)35-28(21)34/h4-10,13-14,19H,11-12,15H2,1-3H3,(H2,30,32)(H,31,33)/t19-/m0/s1. The van der Waals surface area contributed by atoms with E-state index in [0.29, 0.717) is 38.8 Å². The first kappa shape index (κ1) is 24.0. The summed E-state index contributed by atoms with van der Waals surface area (Å²) in [4.78, 5) is 39.4. The minimum atomic E-state index is -0.528. The Balaban J connectivity index is 1.46. The Bertz CT molecular complexity index is 1560. The summed E-state index contributed by atoms with van der Waals surface area (Å²) in [6.45, 7) is 6.70. The summed E-state index contributed by atoms with van der Waals surface area (Å²) in [5.74, 6) is -0.395. The van der Waals surface area contributed by atoms with Crippen molar-refractivity contribution in [2.75, 3.05) is 5.32 Å². The maximum absolute atomic E-state index is 13.2. The van der Waals surface area contributed by atoms with Crippen molar-refractivity contribution >= 4 is 39.1 Å². The average Bonchev–Trinajstić information content (AvgIpc) is 3.20. The van der Waals surface area contributed by atoms with Crippen LogP contribution in [0.4, 0.5) is 5.00 Å². The van der Waals surface area contributed by atoms with Crippen molar-refractivity contribution in [3.63, 3.8) is 0 Å². The van der Waals surface area contributed by atoms with Gasteiger partial charge >= 0.3 is 5.63 Å². The van der Waals surface area contributed by atoms with E-state index in [1.54, 1.807) is 36.4 Å². The number of rotatable bonds is 4. The highest BCUT2D eigenvalue weighted by atomic mass is 32.1. The molecule has 2 heterocycles. The molecule has 1 aliphatic rings. The zero-order valence-corrected chi connectivity index (χ0v) is 21.3. The number of carbonyl (C=O) groups is 2. The number of nitrogens with one attached hydrogen (secondary N) is 1. The Labute approximate surface area is 213 Å². The molecule has 0 spiro atoms. The highest BCUT2D eigenvalue weighted by molar-refractivity contribution is 7.17. The molecule has 0 bridgehead atoms. The third-order valence-electron chi connectivity index (χ3n) is 7.04. The van der Waals surface area contributed by atoms with Gasteiger partial charge in [-0.3, -0.25) is 9.59 Å². The molecule has 1 atom stereocenters. The summed E-state index contributed by atoms with van der Waals surface area (Å²) in [6, 6.07) is 15.9. The lowest BCUT2D eigenvalue weighted by Gasteiger charge is -2.33. The van der Waals surface area contributed by atoms with Gasteiger partial charge in [-0.2, -0.15) is 0 Å². The van der Waals surface area contributed by atoms with E-state index in [1.807, 2.05) is 18.2 Å². The van der Waals surface area contributed by atoms with Crippen LogP contribution in [-0.2, 0) is 12.8 Å². The zero-order valence-electron chi connectivity index (χ0n) is 20.5. The van der Waals surface area contributed by atoms with Crippen molar-refractivity contribution in [2.45, 2.75) is 40.0 Å². The van der Waals surface area contributed by atoms with Crippen LogP contribution < -0.4 is 16.7 Å². The van der Waals surface area contributed by atoms with Gasteiger partial charge in [-0.25, -0.2) is 4.79 Å². The summed E-state index contributed by atoms with van der Waals surface area (Å²) < 4.78 is 5.46. The fourth-order valence-corrected chi connectivity index (χ4v) is 6.27. The van der Waals surface area contributed by atoms with Gasteiger partial charge in [-0.15, -0.1) is 11.3 Å². The minimum Gasteiger partial charge on any atom is -0.422 e. The molecular formula is C29H28N2O4S. The fourth-order valence-electron chi connectivity index (χ4n) is 4.94. The van der Waals surface area contributed by atoms with Crippen molar-refractivity contribution in [3.8, 4) is 11.1 Å². The van der Waals surface area contributed by atoms with E-state index in [9.17, 15) is 14.4 Å². The van der Waals surface area contributed by atoms with E-state index in [1.165, 1.54) is 11.3 Å². The average molecular weight is 501 g/mol. The van der Waals surface area contributed by atoms with Crippen LogP contribution in [0.5, 0.6) is 0 Å². The van der Waals surface area contributed by atoms with Crippen LogP contribution in [0.25, 0.3) is 22.1 Å². The van der Waals surface area contributed by atoms with Gasteiger partial charge in [0, 0.05) is 15.8 Å². The van der Waals surface area contributed by atoms with E-state index in [-0.39, 0.29) is 11.3 Å². The van der Waals surface area contributed by atoms with Crippen molar-refractivity contribution in [3.05, 3.63) is 86.6 Å². The number of primary amides is 1. The van der Waals surface area contributed by atoms with Gasteiger partial charge in [-0.1, -0.05) is 51.1 Å². The molecule has 3 N–H and O–H groups in total. The number of para-hydroxylation sites is 1. The maximum atomic E-state index is 13.2. The molecule has 2 aromatic carbocycles. The number of benzene rings is 2. The zero-order chi connectivity index (χ0) is 25.6. The van der Waals surface area contributed by atoms with Gasteiger partial charge in [0.25, 0.3) is 11.8 Å². The van der Waals surface area contributed by atoms with Crippen molar-refractivity contribution in [2.24, 2.45) is 17.1 Å². The predicted molar refractivity (Wildman–Crippen MR) is 144 cm³/mol. The Hall–Kier alpha value is -3.71. The Morgan fingerprint density at radius 2 is 1.86 bits per heavy atom. The quantitative estimate of drug-likeness (QED) is 0.334. The molecule has 0 saturated carbocycles. The summed E-state index contributed by atoms with van der Waals surface area (Å²) in [6.07, 6.45) is 2.62. The molecule has 184 valence electrons. The van der Waals surface area contributed by atoms with Gasteiger partial charge in [0.15, 0.2) is 0 Å². The molecular weight excluding hydrogens is 472 g/mol. The third-order valence-corrected chi connectivity index (χ3v) is 8.21. The fraction of sp³-hybridized carbons (Fsp3) is 0.276. The molecule has 2 amide bonds. The first-order valence-corrected chi connectivity index (χ1v) is 12.8. The van der Waals surface area contributed by atoms with Gasteiger partial charge in [-0.05, 0) is 66.0 Å². The number of amides is 2. The smallest absolute Gasteiger partial charge is 0.344 e. The topological polar surface area (TPSA) is 102 Å². The van der Waals surface area contributed by atoms with E-state index >= 15 is 0 Å². The van der Waals surface area contributed by atoms with Crippen LogP contribution in [0.1, 0.15) is 58.3 Å². The number of anilines is 1. The highest BCUT2D eigenvalue weighted by Gasteiger charge is 2.33. The summed E-state index contributed by atoms with van der Waals surface area (Å²) in [7, 11) is 0. The molecule has 1 aliphatic carbocycles. The highest BCUT2D eigenvalue weighted by Crippen LogP contribution is 2.44. The molecule has 0 saturated heterocycles. The van der Waals surface area contributed by atoms with Crippen LogP contribution in [0.15, 0.2) is 63.8 Å². The Kier molecular flexibility index (Phi) is 6.04. The molecule has 0 radical (unpaired) electrons. The van der Waals surface area contributed by atoms with E-state index in [2.05, 4.69) is 26.1 Å². The minimum absolute atomic E-state index is 0.161. The van der Waals surface area contributed by atoms with E-state index in [4.69, 9.17) is 10.2 Å². The van der Waals surface area contributed by atoms with Crippen molar-refractivity contribution in [1.29, 1.82) is 0 Å². The lowest BCUT2D eigenvalue weighted by Crippen LogP contribution is -2.27. The van der Waals surface area contributed by atoms with Crippen LogP contribution >= 0.6 is 11.3 Å². The largest absolute Gasteiger partial charge is 0.422 e. The van der Waals surface area contributed by atoms with Crippen molar-refractivity contribution in [1.82, 2.24) is 0 Å². The van der Waals surface area contributed by atoms with Gasteiger partial charge < -0.3 is 15.5 Å². The second-order valence-electron chi connectivity index (χ2n) is 10.4. The SMILES string of the molecule is CC(C)(C)[C@H]1CCc2c(sc(NC(=O)c3cccc(-c4cc5ccccc5oc4=O)c3)c2C(N)=O)C1. The lowest BCUT2D eigenvalue weighted by atomic mass is 9.72. The van der Waals surface area contributed by atoms with Crippen LogP contribution in [0.3, 0.4) is 0 Å². The molecule has 0 unspecified atom stereocenters.